The lowest BCUT2D eigenvalue weighted by atomic mass is 9.92. The molecule has 0 aliphatic rings. The zero-order valence-electron chi connectivity index (χ0n) is 11.0. The van der Waals surface area contributed by atoms with E-state index in [4.69, 9.17) is 17.3 Å². The van der Waals surface area contributed by atoms with E-state index < -0.39 is 0 Å². The molecule has 1 rings (SSSR count). The molecular weight excluding hydrogens is 268 g/mol. The molecular formula is C13H21ClN2OS. The summed E-state index contributed by atoms with van der Waals surface area (Å²) in [7, 11) is 0. The molecule has 3 nitrogen and oxygen atoms in total. The number of carbonyl (C=O) groups excluding carboxylic acids is 1. The summed E-state index contributed by atoms with van der Waals surface area (Å²) in [6, 6.07) is 1.91. The van der Waals surface area contributed by atoms with Crippen LogP contribution >= 0.6 is 22.9 Å². The highest BCUT2D eigenvalue weighted by Gasteiger charge is 2.25. The number of amides is 1. The zero-order valence-corrected chi connectivity index (χ0v) is 12.5. The van der Waals surface area contributed by atoms with Crippen LogP contribution in [0.2, 0.25) is 5.02 Å². The molecule has 0 aromatic carbocycles. The Morgan fingerprint density at radius 3 is 2.61 bits per heavy atom. The Kier molecular flexibility index (Phi) is 6.12. The van der Waals surface area contributed by atoms with E-state index in [1.807, 2.05) is 11.4 Å². The highest BCUT2D eigenvalue weighted by molar-refractivity contribution is 7.10. The summed E-state index contributed by atoms with van der Waals surface area (Å²) in [5.74, 6) is 0.0636. The summed E-state index contributed by atoms with van der Waals surface area (Å²) >= 11 is 7.43. The van der Waals surface area contributed by atoms with Crippen molar-refractivity contribution in [1.29, 1.82) is 0 Å². The molecule has 0 saturated heterocycles. The fourth-order valence-electron chi connectivity index (χ4n) is 1.85. The van der Waals surface area contributed by atoms with Gasteiger partial charge in [-0.15, -0.1) is 11.3 Å². The van der Waals surface area contributed by atoms with Crippen molar-refractivity contribution in [3.63, 3.8) is 0 Å². The van der Waals surface area contributed by atoms with Gasteiger partial charge in [-0.1, -0.05) is 25.4 Å². The third kappa shape index (κ3) is 4.26. The summed E-state index contributed by atoms with van der Waals surface area (Å²) < 4.78 is 0. The van der Waals surface area contributed by atoms with E-state index in [9.17, 15) is 4.79 Å². The molecule has 1 aromatic rings. The van der Waals surface area contributed by atoms with E-state index >= 15 is 0 Å². The van der Waals surface area contributed by atoms with Crippen molar-refractivity contribution < 1.29 is 4.79 Å². The molecule has 5 heteroatoms. The molecule has 3 N–H and O–H groups in total. The maximum absolute atomic E-state index is 11.9. The standard InChI is InChI=1S/C13H21ClN2OS/c1-3-13(4-2,9-15)16-12(17)6-5-11-7-10(14)8-18-11/h7-8H,3-6,9,15H2,1-2H3,(H,16,17). The summed E-state index contributed by atoms with van der Waals surface area (Å²) in [6.45, 7) is 4.59. The highest BCUT2D eigenvalue weighted by Crippen LogP contribution is 2.20. The van der Waals surface area contributed by atoms with Gasteiger partial charge in [0.05, 0.1) is 10.6 Å². The second-order valence-corrected chi connectivity index (χ2v) is 5.90. The highest BCUT2D eigenvalue weighted by atomic mass is 35.5. The molecule has 0 spiro atoms. The topological polar surface area (TPSA) is 55.1 Å². The number of thiophene rings is 1. The van der Waals surface area contributed by atoms with Gasteiger partial charge < -0.3 is 11.1 Å². The van der Waals surface area contributed by atoms with Gasteiger partial charge in [0.1, 0.15) is 0 Å². The lowest BCUT2D eigenvalue weighted by Gasteiger charge is -2.31. The van der Waals surface area contributed by atoms with Crippen molar-refractivity contribution in [3.8, 4) is 0 Å². The Labute approximate surface area is 118 Å². The van der Waals surface area contributed by atoms with Gasteiger partial charge in [0, 0.05) is 23.2 Å². The SMILES string of the molecule is CCC(CC)(CN)NC(=O)CCc1cc(Cl)cs1. The van der Waals surface area contributed by atoms with Crippen molar-refractivity contribution >= 4 is 28.8 Å². The lowest BCUT2D eigenvalue weighted by molar-refractivity contribution is -0.123. The number of aryl methyl sites for hydroxylation is 1. The van der Waals surface area contributed by atoms with Crippen molar-refractivity contribution in [2.24, 2.45) is 5.73 Å². The first-order valence-electron chi connectivity index (χ1n) is 6.29. The largest absolute Gasteiger partial charge is 0.349 e. The van der Waals surface area contributed by atoms with Crippen LogP contribution in [0.3, 0.4) is 0 Å². The lowest BCUT2D eigenvalue weighted by Crippen LogP contribution is -2.52. The Hall–Kier alpha value is -0.580. The van der Waals surface area contributed by atoms with Crippen LogP contribution in [-0.4, -0.2) is 18.0 Å². The van der Waals surface area contributed by atoms with Gasteiger partial charge in [0.25, 0.3) is 0 Å². The van der Waals surface area contributed by atoms with Gasteiger partial charge in [-0.25, -0.2) is 0 Å². The summed E-state index contributed by atoms with van der Waals surface area (Å²) in [5.41, 5.74) is 5.51. The fraction of sp³-hybridized carbons (Fsp3) is 0.615. The van der Waals surface area contributed by atoms with Crippen LogP contribution in [0, 0.1) is 0 Å². The second-order valence-electron chi connectivity index (χ2n) is 4.47. The molecule has 0 fully saturated rings. The maximum Gasteiger partial charge on any atom is 0.220 e. The van der Waals surface area contributed by atoms with Gasteiger partial charge >= 0.3 is 0 Å². The third-order valence-electron chi connectivity index (χ3n) is 3.37. The van der Waals surface area contributed by atoms with Gasteiger partial charge in [-0.3, -0.25) is 4.79 Å². The van der Waals surface area contributed by atoms with Crippen molar-refractivity contribution in [2.75, 3.05) is 6.54 Å². The number of hydrogen-bond donors (Lipinski definition) is 2. The second kappa shape index (κ2) is 7.12. The van der Waals surface area contributed by atoms with Crippen LogP contribution in [0.4, 0.5) is 0 Å². The van der Waals surface area contributed by atoms with Crippen molar-refractivity contribution in [3.05, 3.63) is 21.3 Å². The van der Waals surface area contributed by atoms with Crippen LogP contribution in [0.15, 0.2) is 11.4 Å². The average Bonchev–Trinajstić information content (AvgIpc) is 2.80. The molecule has 1 aromatic heterocycles. The van der Waals surface area contributed by atoms with Gasteiger partial charge in [0.15, 0.2) is 0 Å². The van der Waals surface area contributed by atoms with Crippen LogP contribution in [0.5, 0.6) is 0 Å². The summed E-state index contributed by atoms with van der Waals surface area (Å²) in [5, 5.41) is 5.69. The van der Waals surface area contributed by atoms with Crippen LogP contribution in [0.25, 0.3) is 0 Å². The monoisotopic (exact) mass is 288 g/mol. The minimum Gasteiger partial charge on any atom is -0.349 e. The average molecular weight is 289 g/mol. The molecule has 0 bridgehead atoms. The van der Waals surface area contributed by atoms with Gasteiger partial charge in [-0.05, 0) is 25.3 Å². The number of nitrogens with two attached hydrogens (primary N) is 1. The van der Waals surface area contributed by atoms with Crippen LogP contribution < -0.4 is 11.1 Å². The third-order valence-corrected chi connectivity index (χ3v) is 4.71. The van der Waals surface area contributed by atoms with E-state index in [-0.39, 0.29) is 11.4 Å². The molecule has 102 valence electrons. The minimum absolute atomic E-state index is 0.0636. The van der Waals surface area contributed by atoms with E-state index in [2.05, 4.69) is 19.2 Å². The van der Waals surface area contributed by atoms with Gasteiger partial charge in [0.2, 0.25) is 5.91 Å². The molecule has 0 saturated carbocycles. The van der Waals surface area contributed by atoms with Crippen LogP contribution in [0.1, 0.15) is 38.0 Å². The number of nitrogens with one attached hydrogen (secondary N) is 1. The molecule has 1 heterocycles. The maximum atomic E-state index is 11.9. The fourth-order valence-corrected chi connectivity index (χ4v) is 2.92. The summed E-state index contributed by atoms with van der Waals surface area (Å²) in [4.78, 5) is 13.1. The molecule has 1 amide bonds. The zero-order chi connectivity index (χ0) is 13.6. The van der Waals surface area contributed by atoms with Gasteiger partial charge in [-0.2, -0.15) is 0 Å². The number of rotatable bonds is 7. The summed E-state index contributed by atoms with van der Waals surface area (Å²) in [6.07, 6.45) is 2.93. The molecule has 0 unspecified atom stereocenters. The van der Waals surface area contributed by atoms with Crippen molar-refractivity contribution in [1.82, 2.24) is 5.32 Å². The first-order valence-corrected chi connectivity index (χ1v) is 7.55. The number of hydrogen-bond acceptors (Lipinski definition) is 3. The Bertz CT molecular complexity index is 380. The van der Waals surface area contributed by atoms with E-state index in [0.29, 0.717) is 13.0 Å². The number of halogens is 1. The molecule has 0 radical (unpaired) electrons. The predicted molar refractivity (Wildman–Crippen MR) is 78.2 cm³/mol. The quantitative estimate of drug-likeness (QED) is 0.810. The minimum atomic E-state index is -0.246. The molecule has 0 aliphatic carbocycles. The Morgan fingerprint density at radius 1 is 1.50 bits per heavy atom. The van der Waals surface area contributed by atoms with Crippen molar-refractivity contribution in [2.45, 2.75) is 45.1 Å². The normalized spacial score (nSPS) is 11.6. The number of carbonyl (C=O) groups is 1. The first kappa shape index (κ1) is 15.5. The van der Waals surface area contributed by atoms with E-state index in [1.54, 1.807) is 11.3 Å². The molecule has 0 atom stereocenters. The smallest absolute Gasteiger partial charge is 0.220 e. The first-order chi connectivity index (χ1) is 8.55. The van der Waals surface area contributed by atoms with E-state index in [1.165, 1.54) is 0 Å². The van der Waals surface area contributed by atoms with E-state index in [0.717, 1.165) is 29.2 Å². The Balaban J connectivity index is 2.46. The molecule has 0 aliphatic heterocycles. The predicted octanol–water partition coefficient (Wildman–Crippen LogP) is 2.97. The Morgan fingerprint density at radius 2 is 2.17 bits per heavy atom. The van der Waals surface area contributed by atoms with Crippen LogP contribution in [-0.2, 0) is 11.2 Å². The molecule has 18 heavy (non-hydrogen) atoms.